The van der Waals surface area contributed by atoms with Crippen LogP contribution in [0.2, 0.25) is 0 Å². The molecule has 122 valence electrons. The molecule has 2 atom stereocenters. The molecule has 1 saturated heterocycles. The number of likely N-dealkylation sites (tertiary alicyclic amines) is 1. The Balaban J connectivity index is 1.88. The van der Waals surface area contributed by atoms with E-state index in [-0.39, 0.29) is 24.9 Å². The van der Waals surface area contributed by atoms with Crippen LogP contribution in [0.15, 0.2) is 42.5 Å². The van der Waals surface area contributed by atoms with Crippen molar-refractivity contribution >= 4 is 26.9 Å². The fourth-order valence-electron chi connectivity index (χ4n) is 3.36. The van der Waals surface area contributed by atoms with Crippen LogP contribution in [0.5, 0.6) is 0 Å². The van der Waals surface area contributed by atoms with Crippen molar-refractivity contribution in [3.8, 4) is 0 Å². The lowest BCUT2D eigenvalue weighted by Crippen LogP contribution is -2.29. The summed E-state index contributed by atoms with van der Waals surface area (Å²) < 4.78 is 34.5. The maximum absolute atomic E-state index is 12.9. The highest BCUT2D eigenvalue weighted by molar-refractivity contribution is 7.86. The minimum atomic E-state index is -4.56. The first kappa shape index (κ1) is 15.9. The summed E-state index contributed by atoms with van der Waals surface area (Å²) in [5, 5.41) is 2.16. The highest BCUT2D eigenvalue weighted by atomic mass is 32.3. The van der Waals surface area contributed by atoms with Gasteiger partial charge in [0.05, 0.1) is 11.8 Å². The van der Waals surface area contributed by atoms with Crippen LogP contribution in [0.1, 0.15) is 24.9 Å². The summed E-state index contributed by atoms with van der Waals surface area (Å²) in [7, 11) is -4.56. The summed E-state index contributed by atoms with van der Waals surface area (Å²) in [6, 6.07) is 13.7. The average Bonchev–Trinajstić information content (AvgIpc) is 2.84. The van der Waals surface area contributed by atoms with Gasteiger partial charge in [-0.05, 0) is 23.3 Å². The van der Waals surface area contributed by atoms with Crippen molar-refractivity contribution in [2.24, 2.45) is 5.92 Å². The van der Waals surface area contributed by atoms with Crippen molar-refractivity contribution in [3.63, 3.8) is 0 Å². The molecular weight excluding hydrogens is 317 g/mol. The highest BCUT2D eigenvalue weighted by Gasteiger charge is 2.35. The largest absolute Gasteiger partial charge is 0.336 e. The molecule has 1 heterocycles. The van der Waals surface area contributed by atoms with Gasteiger partial charge < -0.3 is 4.90 Å². The van der Waals surface area contributed by atoms with E-state index in [0.29, 0.717) is 0 Å². The SMILES string of the molecule is C[C@@H](c1cccc2ccccc12)N1CC(CS(=O)(=O)F)CC1=O. The summed E-state index contributed by atoms with van der Waals surface area (Å²) in [6.07, 6.45) is 0.0816. The van der Waals surface area contributed by atoms with Gasteiger partial charge >= 0.3 is 10.2 Å². The molecule has 1 unspecified atom stereocenters. The van der Waals surface area contributed by atoms with Gasteiger partial charge in [-0.15, -0.1) is 3.89 Å². The Morgan fingerprint density at radius 1 is 1.22 bits per heavy atom. The Hall–Kier alpha value is -1.95. The second kappa shape index (κ2) is 5.92. The van der Waals surface area contributed by atoms with Crippen LogP contribution in [0, 0.1) is 5.92 Å². The molecule has 0 aromatic heterocycles. The number of carbonyl (C=O) groups excluding carboxylic acids is 1. The van der Waals surface area contributed by atoms with E-state index in [4.69, 9.17) is 0 Å². The third-order valence-electron chi connectivity index (χ3n) is 4.41. The van der Waals surface area contributed by atoms with Crippen LogP contribution in [0.25, 0.3) is 10.8 Å². The molecule has 2 aromatic carbocycles. The van der Waals surface area contributed by atoms with Gasteiger partial charge in [-0.1, -0.05) is 42.5 Å². The first-order valence-electron chi connectivity index (χ1n) is 7.54. The second-order valence-corrected chi connectivity index (χ2v) is 7.48. The predicted molar refractivity (Wildman–Crippen MR) is 87.1 cm³/mol. The van der Waals surface area contributed by atoms with Gasteiger partial charge in [0.25, 0.3) is 0 Å². The molecule has 1 aliphatic heterocycles. The topological polar surface area (TPSA) is 54.5 Å². The number of carbonyl (C=O) groups is 1. The summed E-state index contributed by atoms with van der Waals surface area (Å²) in [4.78, 5) is 13.9. The number of nitrogens with zero attached hydrogens (tertiary/aromatic N) is 1. The number of fused-ring (bicyclic) bond motifs is 1. The molecule has 1 aliphatic rings. The summed E-state index contributed by atoms with van der Waals surface area (Å²) in [5.74, 6) is -1.19. The molecule has 0 N–H and O–H groups in total. The summed E-state index contributed by atoms with van der Waals surface area (Å²) in [6.45, 7) is 2.19. The van der Waals surface area contributed by atoms with E-state index in [1.807, 2.05) is 49.4 Å². The number of amides is 1. The maximum atomic E-state index is 12.9. The van der Waals surface area contributed by atoms with Crippen molar-refractivity contribution in [3.05, 3.63) is 48.0 Å². The molecule has 0 spiro atoms. The lowest BCUT2D eigenvalue weighted by Gasteiger charge is -2.26. The standard InChI is InChI=1S/C17H18FNO3S/c1-12(15-8-4-6-14-5-2-3-7-16(14)15)19-10-13(9-17(19)20)11-23(18,21)22/h2-8,12-13H,9-11H2,1H3/t12-,13?/m0/s1. The van der Waals surface area contributed by atoms with Crippen LogP contribution < -0.4 is 0 Å². The van der Waals surface area contributed by atoms with Gasteiger partial charge in [0.15, 0.2) is 0 Å². The van der Waals surface area contributed by atoms with E-state index >= 15 is 0 Å². The Labute approximate surface area is 135 Å². The molecule has 23 heavy (non-hydrogen) atoms. The molecule has 2 aromatic rings. The molecule has 3 rings (SSSR count). The number of rotatable bonds is 4. The monoisotopic (exact) mass is 335 g/mol. The van der Waals surface area contributed by atoms with Gasteiger partial charge in [0.1, 0.15) is 0 Å². The van der Waals surface area contributed by atoms with Crippen molar-refractivity contribution in [1.82, 2.24) is 4.90 Å². The fourth-order valence-corrected chi connectivity index (χ4v) is 4.15. The highest BCUT2D eigenvalue weighted by Crippen LogP contribution is 2.32. The number of hydrogen-bond donors (Lipinski definition) is 0. The van der Waals surface area contributed by atoms with Gasteiger partial charge in [-0.3, -0.25) is 4.79 Å². The Morgan fingerprint density at radius 3 is 2.65 bits per heavy atom. The normalized spacial score (nSPS) is 20.2. The van der Waals surface area contributed by atoms with Crippen molar-refractivity contribution in [2.75, 3.05) is 12.3 Å². The minimum absolute atomic E-state index is 0.0816. The second-order valence-electron chi connectivity index (χ2n) is 6.07. The van der Waals surface area contributed by atoms with E-state index in [1.165, 1.54) is 0 Å². The maximum Gasteiger partial charge on any atom is 0.302 e. The van der Waals surface area contributed by atoms with E-state index < -0.39 is 21.9 Å². The van der Waals surface area contributed by atoms with E-state index in [0.717, 1.165) is 16.3 Å². The summed E-state index contributed by atoms with van der Waals surface area (Å²) >= 11 is 0. The average molecular weight is 335 g/mol. The van der Waals surface area contributed by atoms with E-state index in [9.17, 15) is 17.1 Å². The smallest absolute Gasteiger partial charge is 0.302 e. The molecule has 1 amide bonds. The predicted octanol–water partition coefficient (Wildman–Crippen LogP) is 3.05. The molecule has 0 bridgehead atoms. The lowest BCUT2D eigenvalue weighted by atomic mass is 9.99. The number of benzene rings is 2. The zero-order chi connectivity index (χ0) is 16.6. The van der Waals surface area contributed by atoms with Crippen LogP contribution in [-0.2, 0) is 15.0 Å². The van der Waals surface area contributed by atoms with Gasteiger partial charge in [0, 0.05) is 18.9 Å². The number of hydrogen-bond acceptors (Lipinski definition) is 3. The van der Waals surface area contributed by atoms with Gasteiger partial charge in [0.2, 0.25) is 5.91 Å². The Kier molecular flexibility index (Phi) is 4.10. The molecule has 6 heteroatoms. The Bertz CT molecular complexity index is 845. The quantitative estimate of drug-likeness (QED) is 0.807. The van der Waals surface area contributed by atoms with E-state index in [2.05, 4.69) is 0 Å². The minimum Gasteiger partial charge on any atom is -0.336 e. The molecule has 0 saturated carbocycles. The van der Waals surface area contributed by atoms with Crippen LogP contribution in [0.3, 0.4) is 0 Å². The van der Waals surface area contributed by atoms with E-state index in [1.54, 1.807) is 4.90 Å². The molecular formula is C17H18FNO3S. The van der Waals surface area contributed by atoms with Crippen molar-refractivity contribution in [1.29, 1.82) is 0 Å². The van der Waals surface area contributed by atoms with Crippen LogP contribution in [0.4, 0.5) is 3.89 Å². The first-order chi connectivity index (χ1) is 10.8. The van der Waals surface area contributed by atoms with Crippen LogP contribution >= 0.6 is 0 Å². The zero-order valence-corrected chi connectivity index (χ0v) is 13.6. The first-order valence-corrected chi connectivity index (χ1v) is 9.10. The van der Waals surface area contributed by atoms with Gasteiger partial charge in [-0.2, -0.15) is 8.42 Å². The van der Waals surface area contributed by atoms with Crippen molar-refractivity contribution in [2.45, 2.75) is 19.4 Å². The molecule has 4 nitrogen and oxygen atoms in total. The molecule has 0 aliphatic carbocycles. The zero-order valence-electron chi connectivity index (χ0n) is 12.8. The Morgan fingerprint density at radius 2 is 1.91 bits per heavy atom. The molecule has 1 fully saturated rings. The third-order valence-corrected chi connectivity index (χ3v) is 5.28. The van der Waals surface area contributed by atoms with Crippen LogP contribution in [-0.4, -0.2) is 31.5 Å². The third kappa shape index (κ3) is 3.37. The summed E-state index contributed by atoms with van der Waals surface area (Å²) in [5.41, 5.74) is 1.01. The number of halogens is 1. The molecule has 0 radical (unpaired) electrons. The van der Waals surface area contributed by atoms with Crippen molar-refractivity contribution < 1.29 is 17.1 Å². The lowest BCUT2D eigenvalue weighted by molar-refractivity contribution is -0.129. The fraction of sp³-hybridized carbons (Fsp3) is 0.353. The van der Waals surface area contributed by atoms with Gasteiger partial charge in [-0.25, -0.2) is 0 Å².